The Hall–Kier alpha value is -0.0800. The van der Waals surface area contributed by atoms with Gasteiger partial charge in [-0.15, -0.1) is 0 Å². The lowest BCUT2D eigenvalue weighted by molar-refractivity contribution is -0.00351. The molecular weight excluding hydrogens is 126 g/mol. The minimum absolute atomic E-state index is 0.340. The number of aliphatic hydroxyl groups is 1. The quantitative estimate of drug-likeness (QED) is 0.576. The summed E-state index contributed by atoms with van der Waals surface area (Å²) < 4.78 is 0. The van der Waals surface area contributed by atoms with Crippen LogP contribution < -0.4 is 5.73 Å². The summed E-state index contributed by atoms with van der Waals surface area (Å²) in [4.78, 5) is 0. The van der Waals surface area contributed by atoms with Crippen LogP contribution in [0.25, 0.3) is 0 Å². The monoisotopic (exact) mass is 143 g/mol. The van der Waals surface area contributed by atoms with Crippen molar-refractivity contribution in [3.63, 3.8) is 0 Å². The van der Waals surface area contributed by atoms with Gasteiger partial charge in [0.1, 0.15) is 0 Å². The summed E-state index contributed by atoms with van der Waals surface area (Å²) in [5.41, 5.74) is 5.32. The topological polar surface area (TPSA) is 46.2 Å². The van der Waals surface area contributed by atoms with Gasteiger partial charge in [-0.1, -0.05) is 6.92 Å². The van der Waals surface area contributed by atoms with Gasteiger partial charge in [0.15, 0.2) is 0 Å². The van der Waals surface area contributed by atoms with E-state index in [0.717, 1.165) is 32.1 Å². The molecule has 3 N–H and O–H groups in total. The third-order valence-electron chi connectivity index (χ3n) is 2.62. The molecule has 0 radical (unpaired) electrons. The molecular formula is C8H17NO. The van der Waals surface area contributed by atoms with E-state index in [9.17, 15) is 5.11 Å². The zero-order valence-corrected chi connectivity index (χ0v) is 6.64. The van der Waals surface area contributed by atoms with Crippen molar-refractivity contribution in [1.29, 1.82) is 0 Å². The van der Waals surface area contributed by atoms with Gasteiger partial charge in [0.2, 0.25) is 0 Å². The molecule has 0 aromatic carbocycles. The minimum Gasteiger partial charge on any atom is -0.390 e. The van der Waals surface area contributed by atoms with Crippen LogP contribution in [0.15, 0.2) is 0 Å². The van der Waals surface area contributed by atoms with Crippen LogP contribution in [0.3, 0.4) is 0 Å². The molecule has 0 amide bonds. The standard InChI is InChI=1S/C8H17NO/c1-2-8(10)5-3-7(9)4-6-8/h7,10H,2-6,9H2,1H3/t7-,8-. The lowest BCUT2D eigenvalue weighted by Crippen LogP contribution is -2.38. The van der Waals surface area contributed by atoms with Crippen LogP contribution in [-0.4, -0.2) is 16.7 Å². The molecule has 1 aliphatic carbocycles. The number of hydrogen-bond acceptors (Lipinski definition) is 2. The van der Waals surface area contributed by atoms with E-state index in [1.165, 1.54) is 0 Å². The van der Waals surface area contributed by atoms with E-state index >= 15 is 0 Å². The van der Waals surface area contributed by atoms with Crippen molar-refractivity contribution in [2.75, 3.05) is 0 Å². The first-order chi connectivity index (χ1) is 4.66. The van der Waals surface area contributed by atoms with E-state index in [1.807, 2.05) is 6.92 Å². The molecule has 0 aromatic heterocycles. The van der Waals surface area contributed by atoms with E-state index in [0.29, 0.717) is 6.04 Å². The van der Waals surface area contributed by atoms with Crippen LogP contribution in [0.5, 0.6) is 0 Å². The minimum atomic E-state index is -0.379. The van der Waals surface area contributed by atoms with Crippen molar-refractivity contribution in [3.05, 3.63) is 0 Å². The highest BCUT2D eigenvalue weighted by Crippen LogP contribution is 2.29. The van der Waals surface area contributed by atoms with Crippen LogP contribution in [0.1, 0.15) is 39.0 Å². The summed E-state index contributed by atoms with van der Waals surface area (Å²) in [5, 5.41) is 9.74. The maximum absolute atomic E-state index is 9.74. The summed E-state index contributed by atoms with van der Waals surface area (Å²) in [6.07, 6.45) is 4.64. The molecule has 0 spiro atoms. The zero-order chi connectivity index (χ0) is 7.61. The molecule has 0 atom stereocenters. The average molecular weight is 143 g/mol. The first-order valence-corrected chi connectivity index (χ1v) is 4.14. The highest BCUT2D eigenvalue weighted by Gasteiger charge is 2.29. The van der Waals surface area contributed by atoms with E-state index in [4.69, 9.17) is 5.73 Å². The highest BCUT2D eigenvalue weighted by molar-refractivity contribution is 4.85. The first kappa shape index (κ1) is 8.02. The first-order valence-electron chi connectivity index (χ1n) is 4.14. The summed E-state index contributed by atoms with van der Waals surface area (Å²) >= 11 is 0. The number of nitrogens with two attached hydrogens (primary N) is 1. The molecule has 0 heterocycles. The van der Waals surface area contributed by atoms with Gasteiger partial charge in [-0.3, -0.25) is 0 Å². The number of rotatable bonds is 1. The van der Waals surface area contributed by atoms with Crippen molar-refractivity contribution in [3.8, 4) is 0 Å². The second kappa shape index (κ2) is 2.89. The summed E-state index contributed by atoms with van der Waals surface area (Å²) in [6.45, 7) is 2.04. The molecule has 60 valence electrons. The van der Waals surface area contributed by atoms with Gasteiger partial charge in [0, 0.05) is 6.04 Å². The molecule has 10 heavy (non-hydrogen) atoms. The fraction of sp³-hybridized carbons (Fsp3) is 1.00. The Labute approximate surface area is 62.4 Å². The fourth-order valence-corrected chi connectivity index (χ4v) is 1.53. The third kappa shape index (κ3) is 1.70. The highest BCUT2D eigenvalue weighted by atomic mass is 16.3. The lowest BCUT2D eigenvalue weighted by atomic mass is 9.81. The van der Waals surface area contributed by atoms with Crippen LogP contribution in [0, 0.1) is 0 Å². The Morgan fingerprint density at radius 3 is 2.40 bits per heavy atom. The lowest BCUT2D eigenvalue weighted by Gasteiger charge is -2.33. The van der Waals surface area contributed by atoms with E-state index in [-0.39, 0.29) is 5.60 Å². The zero-order valence-electron chi connectivity index (χ0n) is 6.64. The second-order valence-electron chi connectivity index (χ2n) is 3.42. The Morgan fingerprint density at radius 2 is 2.00 bits per heavy atom. The van der Waals surface area contributed by atoms with Crippen LogP contribution >= 0.6 is 0 Å². The number of hydrogen-bond donors (Lipinski definition) is 2. The molecule has 1 fully saturated rings. The van der Waals surface area contributed by atoms with Gasteiger partial charge < -0.3 is 10.8 Å². The molecule has 1 aliphatic rings. The summed E-state index contributed by atoms with van der Waals surface area (Å²) in [7, 11) is 0. The van der Waals surface area contributed by atoms with Crippen molar-refractivity contribution in [2.45, 2.75) is 50.7 Å². The predicted molar refractivity (Wildman–Crippen MR) is 41.7 cm³/mol. The maximum atomic E-state index is 9.74. The van der Waals surface area contributed by atoms with Crippen molar-refractivity contribution < 1.29 is 5.11 Å². The van der Waals surface area contributed by atoms with Gasteiger partial charge in [-0.2, -0.15) is 0 Å². The van der Waals surface area contributed by atoms with Crippen molar-refractivity contribution in [2.24, 2.45) is 5.73 Å². The Kier molecular flexibility index (Phi) is 2.32. The van der Waals surface area contributed by atoms with Crippen molar-refractivity contribution in [1.82, 2.24) is 0 Å². The Morgan fingerprint density at radius 1 is 1.50 bits per heavy atom. The van der Waals surface area contributed by atoms with Crippen LogP contribution in [0.4, 0.5) is 0 Å². The molecule has 0 saturated heterocycles. The molecule has 1 rings (SSSR count). The van der Waals surface area contributed by atoms with E-state index < -0.39 is 0 Å². The molecule has 1 saturated carbocycles. The van der Waals surface area contributed by atoms with Crippen LogP contribution in [0.2, 0.25) is 0 Å². The van der Waals surface area contributed by atoms with E-state index in [1.54, 1.807) is 0 Å². The summed E-state index contributed by atoms with van der Waals surface area (Å²) in [6, 6.07) is 0.340. The second-order valence-corrected chi connectivity index (χ2v) is 3.42. The van der Waals surface area contributed by atoms with Gasteiger partial charge in [0.25, 0.3) is 0 Å². The Balaban J connectivity index is 2.38. The average Bonchev–Trinajstić information content (AvgIpc) is 1.96. The van der Waals surface area contributed by atoms with Gasteiger partial charge in [0.05, 0.1) is 5.60 Å². The molecule has 2 nitrogen and oxygen atoms in total. The largest absolute Gasteiger partial charge is 0.390 e. The van der Waals surface area contributed by atoms with Gasteiger partial charge in [-0.05, 0) is 32.1 Å². The van der Waals surface area contributed by atoms with Gasteiger partial charge in [-0.25, -0.2) is 0 Å². The maximum Gasteiger partial charge on any atom is 0.0646 e. The van der Waals surface area contributed by atoms with Crippen molar-refractivity contribution >= 4 is 0 Å². The van der Waals surface area contributed by atoms with E-state index in [2.05, 4.69) is 0 Å². The smallest absolute Gasteiger partial charge is 0.0646 e. The molecule has 0 aliphatic heterocycles. The molecule has 0 aromatic rings. The molecule has 2 heteroatoms. The third-order valence-corrected chi connectivity index (χ3v) is 2.62. The molecule has 0 bridgehead atoms. The summed E-state index contributed by atoms with van der Waals surface area (Å²) in [5.74, 6) is 0. The van der Waals surface area contributed by atoms with Crippen LogP contribution in [-0.2, 0) is 0 Å². The fourth-order valence-electron chi connectivity index (χ4n) is 1.53. The predicted octanol–water partition coefficient (Wildman–Crippen LogP) is 1.03. The van der Waals surface area contributed by atoms with Gasteiger partial charge >= 0.3 is 0 Å². The molecule has 0 unspecified atom stereocenters. The Bertz CT molecular complexity index is 106. The SMILES string of the molecule is CC[C@]1(O)CC[C@H](N)CC1. The normalized spacial score (nSPS) is 41.7.